The van der Waals surface area contributed by atoms with Gasteiger partial charge in [-0.15, -0.1) is 0 Å². The molecule has 3 rings (SSSR count). The van der Waals surface area contributed by atoms with Crippen LogP contribution >= 0.6 is 21.6 Å². The Bertz CT molecular complexity index is 554. The molecule has 25 heavy (non-hydrogen) atoms. The summed E-state index contributed by atoms with van der Waals surface area (Å²) < 4.78 is 0. The lowest BCUT2D eigenvalue weighted by Crippen LogP contribution is -2.27. The minimum absolute atomic E-state index is 0.282. The first kappa shape index (κ1) is 19.0. The van der Waals surface area contributed by atoms with E-state index in [1.54, 1.807) is 0 Å². The molecule has 2 aliphatic rings. The van der Waals surface area contributed by atoms with Crippen LogP contribution in [-0.4, -0.2) is 41.9 Å². The first-order chi connectivity index (χ1) is 12.2. The second-order valence-electron chi connectivity index (χ2n) is 7.15. The molecule has 1 aromatic carbocycles. The Hall–Kier alpha value is -0.810. The molecule has 0 aromatic heterocycles. The molecule has 1 unspecified atom stereocenters. The predicted octanol–water partition coefficient (Wildman–Crippen LogP) is 4.96. The van der Waals surface area contributed by atoms with E-state index >= 15 is 0 Å². The van der Waals surface area contributed by atoms with Crippen molar-refractivity contribution >= 4 is 33.2 Å². The summed E-state index contributed by atoms with van der Waals surface area (Å²) in [5.41, 5.74) is 2.59. The van der Waals surface area contributed by atoms with Gasteiger partial charge in [0.2, 0.25) is 5.91 Å². The predicted molar refractivity (Wildman–Crippen MR) is 111 cm³/mol. The van der Waals surface area contributed by atoms with Gasteiger partial charge in [-0.1, -0.05) is 46.2 Å². The average Bonchev–Trinajstić information content (AvgIpc) is 3.32. The lowest BCUT2D eigenvalue weighted by atomic mass is 10.1. The number of benzene rings is 1. The number of amides is 1. The zero-order chi connectivity index (χ0) is 17.5. The molecule has 0 radical (unpaired) electrons. The smallest absolute Gasteiger partial charge is 0.222 e. The highest BCUT2D eigenvalue weighted by atomic mass is 33.1. The van der Waals surface area contributed by atoms with E-state index in [4.69, 9.17) is 0 Å². The fraction of sp³-hybridized carbons (Fsp3) is 0.650. The Morgan fingerprint density at radius 2 is 2.04 bits per heavy atom. The fourth-order valence-electron chi connectivity index (χ4n) is 3.66. The highest BCUT2D eigenvalue weighted by Gasteiger charge is 2.18. The van der Waals surface area contributed by atoms with E-state index in [9.17, 15) is 4.79 Å². The van der Waals surface area contributed by atoms with E-state index in [1.807, 2.05) is 33.5 Å². The normalized spacial score (nSPS) is 20.2. The molecule has 2 heterocycles. The number of carbonyl (C=O) groups excluding carboxylic acids is 1. The zero-order valence-corrected chi connectivity index (χ0v) is 16.9. The van der Waals surface area contributed by atoms with Crippen LogP contribution in [0.1, 0.15) is 50.5 Å². The van der Waals surface area contributed by atoms with Crippen molar-refractivity contribution in [2.45, 2.75) is 56.7 Å². The van der Waals surface area contributed by atoms with Gasteiger partial charge in [0, 0.05) is 49.8 Å². The summed E-state index contributed by atoms with van der Waals surface area (Å²) in [4.78, 5) is 16.9. The average molecular weight is 379 g/mol. The van der Waals surface area contributed by atoms with Crippen molar-refractivity contribution in [1.82, 2.24) is 4.90 Å². The maximum absolute atomic E-state index is 12.5. The van der Waals surface area contributed by atoms with Crippen molar-refractivity contribution in [3.05, 3.63) is 29.8 Å². The number of hydrogen-bond donors (Lipinski definition) is 0. The summed E-state index contributed by atoms with van der Waals surface area (Å²) in [6.45, 7) is 3.01. The van der Waals surface area contributed by atoms with Crippen LogP contribution in [0.25, 0.3) is 0 Å². The van der Waals surface area contributed by atoms with Gasteiger partial charge < -0.3 is 9.80 Å². The van der Waals surface area contributed by atoms with Crippen LogP contribution in [0.3, 0.4) is 0 Å². The number of hydrogen-bond acceptors (Lipinski definition) is 4. The topological polar surface area (TPSA) is 23.6 Å². The summed E-state index contributed by atoms with van der Waals surface area (Å²) in [6.07, 6.45) is 8.07. The highest BCUT2D eigenvalue weighted by Crippen LogP contribution is 2.39. The molecule has 1 aromatic rings. The first-order valence-electron chi connectivity index (χ1n) is 9.59. The summed E-state index contributed by atoms with van der Waals surface area (Å²) in [7, 11) is 5.99. The molecule has 1 amide bonds. The lowest BCUT2D eigenvalue weighted by molar-refractivity contribution is -0.130. The molecule has 0 aliphatic carbocycles. The summed E-state index contributed by atoms with van der Waals surface area (Å²) >= 11 is 0. The molecule has 0 saturated carbocycles. The van der Waals surface area contributed by atoms with Crippen molar-refractivity contribution in [1.29, 1.82) is 0 Å². The summed E-state index contributed by atoms with van der Waals surface area (Å²) in [5, 5.41) is 0.824. The largest absolute Gasteiger partial charge is 0.371 e. The third kappa shape index (κ3) is 5.58. The molecule has 2 aliphatic heterocycles. The molecule has 1 atom stereocenters. The molecule has 0 bridgehead atoms. The highest BCUT2D eigenvalue weighted by molar-refractivity contribution is 8.77. The number of anilines is 1. The number of nitrogens with zero attached hydrogens (tertiary/aromatic N) is 2. The van der Waals surface area contributed by atoms with Gasteiger partial charge in [-0.3, -0.25) is 4.79 Å². The molecule has 5 heteroatoms. The second kappa shape index (κ2) is 9.77. The van der Waals surface area contributed by atoms with Crippen molar-refractivity contribution in [2.75, 3.05) is 30.8 Å². The van der Waals surface area contributed by atoms with Crippen LogP contribution in [0.15, 0.2) is 24.3 Å². The number of carbonyl (C=O) groups is 1. The molecule has 138 valence electrons. The van der Waals surface area contributed by atoms with Gasteiger partial charge in [-0.25, -0.2) is 0 Å². The zero-order valence-electron chi connectivity index (χ0n) is 15.3. The van der Waals surface area contributed by atoms with Gasteiger partial charge in [0.1, 0.15) is 0 Å². The molecule has 2 saturated heterocycles. The van der Waals surface area contributed by atoms with Gasteiger partial charge in [0.05, 0.1) is 0 Å². The van der Waals surface area contributed by atoms with Crippen LogP contribution in [0.5, 0.6) is 0 Å². The van der Waals surface area contributed by atoms with E-state index in [-0.39, 0.29) is 5.91 Å². The van der Waals surface area contributed by atoms with Crippen molar-refractivity contribution in [3.63, 3.8) is 0 Å². The summed E-state index contributed by atoms with van der Waals surface area (Å²) in [6, 6.07) is 8.57. The quantitative estimate of drug-likeness (QED) is 0.471. The van der Waals surface area contributed by atoms with Crippen molar-refractivity contribution in [3.8, 4) is 0 Å². The van der Waals surface area contributed by atoms with Gasteiger partial charge in [-0.05, 0) is 43.7 Å². The van der Waals surface area contributed by atoms with E-state index in [0.717, 1.165) is 31.3 Å². The van der Waals surface area contributed by atoms with Gasteiger partial charge in [0.15, 0.2) is 0 Å². The maximum atomic E-state index is 12.5. The lowest BCUT2D eigenvalue weighted by Gasteiger charge is -2.24. The van der Waals surface area contributed by atoms with Crippen LogP contribution in [0.4, 0.5) is 5.69 Å². The van der Waals surface area contributed by atoms with Gasteiger partial charge >= 0.3 is 0 Å². The monoisotopic (exact) mass is 378 g/mol. The molecular weight excluding hydrogens is 348 g/mol. The maximum Gasteiger partial charge on any atom is 0.222 e. The van der Waals surface area contributed by atoms with Crippen molar-refractivity contribution in [2.24, 2.45) is 0 Å². The van der Waals surface area contributed by atoms with E-state index in [1.165, 1.54) is 49.1 Å². The Morgan fingerprint density at radius 3 is 2.80 bits per heavy atom. The number of unbranched alkanes of at least 4 members (excludes halogenated alkanes) is 1. The van der Waals surface area contributed by atoms with Crippen LogP contribution in [0, 0.1) is 0 Å². The molecule has 3 nitrogen and oxygen atoms in total. The number of rotatable bonds is 8. The first-order valence-corrected chi connectivity index (χ1v) is 12.0. The van der Waals surface area contributed by atoms with Gasteiger partial charge in [-0.2, -0.15) is 0 Å². The van der Waals surface area contributed by atoms with Crippen molar-refractivity contribution < 1.29 is 4.79 Å². The Kier molecular flexibility index (Phi) is 7.41. The Balaban J connectivity index is 1.44. The third-order valence-electron chi connectivity index (χ3n) is 5.17. The standard InChI is InChI=1S/C20H30N2OS2/c1-21(20(23)11-5-3-9-18-12-15-24-25-18)16-17-8-2-4-10-19(17)22-13-6-7-14-22/h2,4,8,10,18H,3,5-7,9,11-16H2,1H3. The van der Waals surface area contributed by atoms with Gasteiger partial charge in [0.25, 0.3) is 0 Å². The minimum Gasteiger partial charge on any atom is -0.371 e. The summed E-state index contributed by atoms with van der Waals surface area (Å²) in [5.74, 6) is 1.58. The molecule has 0 N–H and O–H groups in total. The number of para-hydroxylation sites is 1. The molecule has 2 fully saturated rings. The minimum atomic E-state index is 0.282. The molecule has 0 spiro atoms. The fourth-order valence-corrected chi connectivity index (χ4v) is 6.69. The van der Waals surface area contributed by atoms with Crippen LogP contribution in [-0.2, 0) is 11.3 Å². The van der Waals surface area contributed by atoms with Crippen LogP contribution in [0.2, 0.25) is 0 Å². The van der Waals surface area contributed by atoms with E-state index < -0.39 is 0 Å². The molecular formula is C20H30N2OS2. The Morgan fingerprint density at radius 1 is 1.24 bits per heavy atom. The van der Waals surface area contributed by atoms with Crippen LogP contribution < -0.4 is 4.90 Å². The van der Waals surface area contributed by atoms with E-state index in [0.29, 0.717) is 6.42 Å². The van der Waals surface area contributed by atoms with E-state index in [2.05, 4.69) is 29.2 Å². The Labute approximate surface area is 160 Å². The SMILES string of the molecule is CN(Cc1ccccc1N1CCCC1)C(=O)CCCCC1CCSS1. The third-order valence-corrected chi connectivity index (χ3v) is 8.17. The second-order valence-corrected chi connectivity index (χ2v) is 9.93.